The highest BCUT2D eigenvalue weighted by Gasteiger charge is 2.10. The molecule has 0 bridgehead atoms. The third-order valence-corrected chi connectivity index (χ3v) is 3.68. The summed E-state index contributed by atoms with van der Waals surface area (Å²) < 4.78 is 5.62. The molecule has 3 heterocycles. The monoisotopic (exact) mass is 293 g/mol. The molecule has 0 unspecified atom stereocenters. The van der Waals surface area contributed by atoms with E-state index in [0.717, 1.165) is 0 Å². The molecule has 3 aromatic heterocycles. The van der Waals surface area contributed by atoms with Crippen LogP contribution in [0.3, 0.4) is 0 Å². The molecule has 19 heavy (non-hydrogen) atoms. The molecule has 0 N–H and O–H groups in total. The van der Waals surface area contributed by atoms with Crippen molar-refractivity contribution in [2.24, 2.45) is 0 Å². The van der Waals surface area contributed by atoms with Crippen molar-refractivity contribution in [3.63, 3.8) is 0 Å². The lowest BCUT2D eigenvalue weighted by atomic mass is 10.3. The van der Waals surface area contributed by atoms with Gasteiger partial charge in [0.2, 0.25) is 0 Å². The molecule has 0 amide bonds. The molecule has 0 saturated carbocycles. The summed E-state index contributed by atoms with van der Waals surface area (Å²) in [5, 5.41) is 0.886. The Hall–Kier alpha value is -1.86. The summed E-state index contributed by atoms with van der Waals surface area (Å²) in [5.74, 6) is 0. The minimum atomic E-state index is -0.118. The number of aromatic nitrogens is 5. The summed E-state index contributed by atoms with van der Waals surface area (Å²) in [7, 11) is 0. The number of rotatable bonds is 2. The molecule has 8 heteroatoms. The molecule has 0 aromatic carbocycles. The van der Waals surface area contributed by atoms with E-state index in [1.165, 1.54) is 34.8 Å². The van der Waals surface area contributed by atoms with Gasteiger partial charge < -0.3 is 0 Å². The van der Waals surface area contributed by atoms with Crippen LogP contribution in [0, 0.1) is 6.92 Å². The van der Waals surface area contributed by atoms with Crippen LogP contribution in [0.25, 0.3) is 10.2 Å². The summed E-state index contributed by atoms with van der Waals surface area (Å²) in [4.78, 5) is 25.2. The smallest absolute Gasteiger partial charge is 0.264 e. The fourth-order valence-electron chi connectivity index (χ4n) is 1.72. The second-order valence-electron chi connectivity index (χ2n) is 3.96. The zero-order chi connectivity index (χ0) is 13.4. The van der Waals surface area contributed by atoms with Crippen LogP contribution in [-0.2, 0) is 6.54 Å². The normalized spacial score (nSPS) is 11.1. The average molecular weight is 294 g/mol. The van der Waals surface area contributed by atoms with E-state index in [4.69, 9.17) is 11.6 Å². The summed E-state index contributed by atoms with van der Waals surface area (Å²) in [5.41, 5.74) is 1.23. The lowest BCUT2D eigenvalue weighted by Crippen LogP contribution is -2.21. The van der Waals surface area contributed by atoms with Gasteiger partial charge in [-0.25, -0.2) is 9.97 Å². The van der Waals surface area contributed by atoms with Crippen LogP contribution in [0.15, 0.2) is 23.5 Å². The SMILES string of the molecule is Cc1nsc2ncn(Cc3cnc(Cl)cn3)c(=O)c12. The number of fused-ring (bicyclic) bond motifs is 1. The van der Waals surface area contributed by atoms with Crippen LogP contribution < -0.4 is 5.56 Å². The number of hydrogen-bond acceptors (Lipinski definition) is 6. The van der Waals surface area contributed by atoms with Crippen molar-refractivity contribution < 1.29 is 0 Å². The van der Waals surface area contributed by atoms with Crippen molar-refractivity contribution in [2.45, 2.75) is 13.5 Å². The average Bonchev–Trinajstić information content (AvgIpc) is 2.78. The molecule has 0 saturated heterocycles. The molecule has 0 aliphatic carbocycles. The molecular weight excluding hydrogens is 286 g/mol. The Morgan fingerprint density at radius 2 is 2.16 bits per heavy atom. The quantitative estimate of drug-likeness (QED) is 0.718. The standard InChI is InChI=1S/C11H8ClN5OS/c1-6-9-10(19-16-6)15-5-17(11(9)18)4-7-2-14-8(12)3-13-7/h2-3,5H,4H2,1H3. The van der Waals surface area contributed by atoms with Gasteiger partial charge in [0, 0.05) is 0 Å². The van der Waals surface area contributed by atoms with Crippen LogP contribution in [0.5, 0.6) is 0 Å². The van der Waals surface area contributed by atoms with Crippen molar-refractivity contribution >= 4 is 33.4 Å². The highest BCUT2D eigenvalue weighted by molar-refractivity contribution is 7.12. The van der Waals surface area contributed by atoms with E-state index in [0.29, 0.717) is 33.3 Å². The summed E-state index contributed by atoms with van der Waals surface area (Å²) in [6.07, 6.45) is 4.49. The van der Waals surface area contributed by atoms with Crippen molar-refractivity contribution in [2.75, 3.05) is 0 Å². The Morgan fingerprint density at radius 3 is 2.89 bits per heavy atom. The molecular formula is C11H8ClN5OS. The summed E-state index contributed by atoms with van der Waals surface area (Å²) in [6.45, 7) is 2.11. The van der Waals surface area contributed by atoms with Gasteiger partial charge in [-0.1, -0.05) is 11.6 Å². The first-order chi connectivity index (χ1) is 9.15. The third-order valence-electron chi connectivity index (χ3n) is 2.64. The number of nitrogens with zero attached hydrogens (tertiary/aromatic N) is 5. The fraction of sp³-hybridized carbons (Fsp3) is 0.182. The maximum Gasteiger partial charge on any atom is 0.264 e. The third kappa shape index (κ3) is 2.22. The first-order valence-corrected chi connectivity index (χ1v) is 6.58. The summed E-state index contributed by atoms with van der Waals surface area (Å²) in [6, 6.07) is 0. The van der Waals surface area contributed by atoms with Crippen molar-refractivity contribution in [1.82, 2.24) is 23.9 Å². The van der Waals surface area contributed by atoms with Crippen LogP contribution in [0.4, 0.5) is 0 Å². The summed E-state index contributed by atoms with van der Waals surface area (Å²) >= 11 is 6.89. The van der Waals surface area contributed by atoms with Crippen molar-refractivity contribution in [3.05, 3.63) is 45.6 Å². The zero-order valence-electron chi connectivity index (χ0n) is 9.87. The first-order valence-electron chi connectivity index (χ1n) is 5.43. The van der Waals surface area contributed by atoms with Gasteiger partial charge in [0.25, 0.3) is 5.56 Å². The Kier molecular flexibility index (Phi) is 3.00. The number of hydrogen-bond donors (Lipinski definition) is 0. The highest BCUT2D eigenvalue weighted by Crippen LogP contribution is 2.15. The lowest BCUT2D eigenvalue weighted by molar-refractivity contribution is 0.726. The molecule has 0 fully saturated rings. The van der Waals surface area contributed by atoms with Crippen LogP contribution in [0.1, 0.15) is 11.4 Å². The second-order valence-corrected chi connectivity index (χ2v) is 5.10. The van der Waals surface area contributed by atoms with Crippen molar-refractivity contribution in [1.29, 1.82) is 0 Å². The molecule has 0 aliphatic rings. The Bertz CT molecular complexity index is 795. The number of halogens is 1. The van der Waals surface area contributed by atoms with Crippen LogP contribution >= 0.6 is 23.1 Å². The van der Waals surface area contributed by atoms with Gasteiger partial charge in [0.1, 0.15) is 5.15 Å². The Morgan fingerprint density at radius 1 is 1.32 bits per heavy atom. The maximum absolute atomic E-state index is 12.3. The maximum atomic E-state index is 12.3. The fourth-order valence-corrected chi connectivity index (χ4v) is 2.55. The van der Waals surface area contributed by atoms with Gasteiger partial charge in [0.05, 0.1) is 42.0 Å². The van der Waals surface area contributed by atoms with E-state index in [2.05, 4.69) is 19.3 Å². The van der Waals surface area contributed by atoms with Gasteiger partial charge in [0.15, 0.2) is 4.83 Å². The minimum absolute atomic E-state index is 0.118. The zero-order valence-corrected chi connectivity index (χ0v) is 11.4. The first kappa shape index (κ1) is 12.2. The van der Waals surface area contributed by atoms with Gasteiger partial charge >= 0.3 is 0 Å². The van der Waals surface area contributed by atoms with Gasteiger partial charge in [-0.15, -0.1) is 0 Å². The molecule has 3 aromatic rings. The van der Waals surface area contributed by atoms with E-state index < -0.39 is 0 Å². The minimum Gasteiger partial charge on any atom is -0.292 e. The van der Waals surface area contributed by atoms with Crippen molar-refractivity contribution in [3.8, 4) is 0 Å². The second kappa shape index (κ2) is 4.67. The Labute approximate surface area is 116 Å². The van der Waals surface area contributed by atoms with Gasteiger partial charge in [-0.05, 0) is 18.5 Å². The molecule has 96 valence electrons. The molecule has 6 nitrogen and oxygen atoms in total. The molecule has 0 radical (unpaired) electrons. The van der Waals surface area contributed by atoms with E-state index >= 15 is 0 Å². The largest absolute Gasteiger partial charge is 0.292 e. The van der Waals surface area contributed by atoms with Crippen LogP contribution in [0.2, 0.25) is 5.15 Å². The topological polar surface area (TPSA) is 73.6 Å². The number of aryl methyl sites for hydroxylation is 1. The molecule has 3 rings (SSSR count). The van der Waals surface area contributed by atoms with Gasteiger partial charge in [-0.3, -0.25) is 14.3 Å². The predicted molar refractivity (Wildman–Crippen MR) is 72.6 cm³/mol. The van der Waals surface area contributed by atoms with E-state index in [1.54, 1.807) is 6.92 Å². The lowest BCUT2D eigenvalue weighted by Gasteiger charge is -2.04. The highest BCUT2D eigenvalue weighted by atomic mass is 35.5. The van der Waals surface area contributed by atoms with Gasteiger partial charge in [-0.2, -0.15) is 4.37 Å². The molecule has 0 atom stereocenters. The molecule has 0 spiro atoms. The predicted octanol–water partition coefficient (Wildman–Crippen LogP) is 1.65. The Balaban J connectivity index is 2.06. The van der Waals surface area contributed by atoms with Crippen LogP contribution in [-0.4, -0.2) is 23.9 Å². The van der Waals surface area contributed by atoms with E-state index in [-0.39, 0.29) is 5.56 Å². The van der Waals surface area contributed by atoms with E-state index in [1.807, 2.05) is 0 Å². The molecule has 0 aliphatic heterocycles. The van der Waals surface area contributed by atoms with E-state index in [9.17, 15) is 4.79 Å².